The van der Waals surface area contributed by atoms with Gasteiger partial charge in [0.1, 0.15) is 63.9 Å². The fourth-order valence-electron chi connectivity index (χ4n) is 13.7. The van der Waals surface area contributed by atoms with Gasteiger partial charge in [-0.15, -0.1) is 0 Å². The molecule has 7 aliphatic rings. The van der Waals surface area contributed by atoms with E-state index in [0.29, 0.717) is 93.5 Å². The summed E-state index contributed by atoms with van der Waals surface area (Å²) in [5.74, 6) is 4.46. The van der Waals surface area contributed by atoms with E-state index in [-0.39, 0.29) is 70.4 Å². The Hall–Kier alpha value is -10.3. The molecular formula is C73H84F11N23O3S3. The Kier molecular flexibility index (Phi) is 20.5. The average Bonchev–Trinajstić information content (AvgIpc) is 1.58. The number of alkyl halides is 11. The van der Waals surface area contributed by atoms with Crippen LogP contribution >= 0.6 is 35.3 Å². The number of amides is 1. The molecule has 40 heteroatoms. The number of morpholine rings is 1. The fraction of sp³-hybridized carbons (Fsp3) is 0.397. The third-order valence-electron chi connectivity index (χ3n) is 20.3. The van der Waals surface area contributed by atoms with E-state index in [1.54, 1.807) is 66.9 Å². The van der Waals surface area contributed by atoms with Crippen LogP contribution in [0.4, 0.5) is 106 Å². The van der Waals surface area contributed by atoms with Crippen molar-refractivity contribution in [1.29, 1.82) is 0 Å². The molecule has 18 rings (SSSR count). The molecule has 604 valence electrons. The van der Waals surface area contributed by atoms with Crippen LogP contribution in [-0.4, -0.2) is 181 Å². The summed E-state index contributed by atoms with van der Waals surface area (Å²) in [6.45, 7) is 10.5. The molecule has 3 aliphatic carbocycles. The van der Waals surface area contributed by atoms with Gasteiger partial charge >= 0.3 is 18.5 Å². The number of anilines is 10. The van der Waals surface area contributed by atoms with E-state index >= 15 is 4.39 Å². The summed E-state index contributed by atoms with van der Waals surface area (Å²) in [6.07, 6.45) is -6.63. The first-order chi connectivity index (χ1) is 53.9. The molecule has 4 saturated heterocycles. The highest BCUT2D eigenvalue weighted by molar-refractivity contribution is 7.99. The van der Waals surface area contributed by atoms with Crippen LogP contribution in [0.5, 0.6) is 0 Å². The number of nitrogens with one attached hydrogen (secondary N) is 7. The maximum absolute atomic E-state index is 15.0. The monoisotopic (exact) mass is 1640 g/mol. The van der Waals surface area contributed by atoms with Gasteiger partial charge in [0.25, 0.3) is 5.56 Å². The van der Waals surface area contributed by atoms with E-state index in [9.17, 15) is 53.5 Å². The Bertz CT molecular complexity index is 5420. The van der Waals surface area contributed by atoms with Crippen LogP contribution < -0.4 is 41.5 Å². The predicted molar refractivity (Wildman–Crippen MR) is 414 cm³/mol. The summed E-state index contributed by atoms with van der Waals surface area (Å²) in [4.78, 5) is 66.8. The van der Waals surface area contributed by atoms with E-state index < -0.39 is 59.0 Å². The van der Waals surface area contributed by atoms with Gasteiger partial charge in [0.2, 0.25) is 5.91 Å². The number of aromatic nitrogens is 15. The molecule has 26 nitrogen and oxygen atoms in total. The zero-order valence-corrected chi connectivity index (χ0v) is 62.9. The second kappa shape index (κ2) is 30.2. The van der Waals surface area contributed by atoms with Gasteiger partial charge in [-0.25, -0.2) is 43.7 Å². The minimum atomic E-state index is -4.55. The lowest BCUT2D eigenvalue weighted by Gasteiger charge is -2.47. The Labute approximate surface area is 658 Å². The van der Waals surface area contributed by atoms with Crippen LogP contribution in [0.25, 0.3) is 16.4 Å². The summed E-state index contributed by atoms with van der Waals surface area (Å²) in [5.41, 5.74) is -3.17. The number of halogens is 11. The number of pyridine rings is 2. The molecule has 1 amide bonds. The van der Waals surface area contributed by atoms with Gasteiger partial charge in [-0.05, 0) is 166 Å². The van der Waals surface area contributed by atoms with E-state index in [4.69, 9.17) is 9.72 Å². The maximum atomic E-state index is 15.0. The molecule has 0 atom stereocenters. The third kappa shape index (κ3) is 17.7. The molecule has 13 heterocycles. The van der Waals surface area contributed by atoms with Crippen molar-refractivity contribution in [1.82, 2.24) is 79.3 Å². The van der Waals surface area contributed by atoms with Crippen LogP contribution in [0.15, 0.2) is 151 Å². The zero-order valence-electron chi connectivity index (χ0n) is 60.5. The molecule has 2 aromatic carbocycles. The zero-order chi connectivity index (χ0) is 78.9. The van der Waals surface area contributed by atoms with Crippen molar-refractivity contribution in [3.8, 4) is 0 Å². The normalized spacial score (nSPS) is 18.0. The highest BCUT2D eigenvalue weighted by atomic mass is 32.2. The van der Waals surface area contributed by atoms with Gasteiger partial charge < -0.3 is 49.7 Å². The van der Waals surface area contributed by atoms with E-state index in [0.717, 1.165) is 117 Å². The van der Waals surface area contributed by atoms with Gasteiger partial charge in [-0.3, -0.25) is 29.8 Å². The molecule has 0 radical (unpaired) electrons. The number of aromatic amines is 3. The van der Waals surface area contributed by atoms with Gasteiger partial charge in [0.15, 0.2) is 38.6 Å². The summed E-state index contributed by atoms with van der Waals surface area (Å²) >= 11 is 3.68. The lowest BCUT2D eigenvalue weighted by atomic mass is 9.91. The number of hydrogen-bond acceptors (Lipinski definition) is 23. The second-order valence-corrected chi connectivity index (χ2v) is 32.3. The molecule has 113 heavy (non-hydrogen) atoms. The molecule has 7 fully saturated rings. The summed E-state index contributed by atoms with van der Waals surface area (Å²) in [5, 5.41) is 35.0. The molecule has 3 saturated carbocycles. The van der Waals surface area contributed by atoms with Crippen molar-refractivity contribution in [3.63, 3.8) is 0 Å². The lowest BCUT2D eigenvalue weighted by Crippen LogP contribution is -2.61. The van der Waals surface area contributed by atoms with Crippen LogP contribution in [0, 0.1) is 38.0 Å². The highest BCUT2D eigenvalue weighted by Gasteiger charge is 2.68. The lowest BCUT2D eigenvalue weighted by molar-refractivity contribution is -0.189. The van der Waals surface area contributed by atoms with Crippen molar-refractivity contribution >= 4 is 116 Å². The largest absolute Gasteiger partial charge is 0.434 e. The van der Waals surface area contributed by atoms with Gasteiger partial charge in [0.05, 0.1) is 39.4 Å². The number of benzene rings is 2. The fourth-order valence-corrected chi connectivity index (χ4v) is 16.0. The first-order valence-electron chi connectivity index (χ1n) is 36.1. The number of rotatable bonds is 21. The van der Waals surface area contributed by atoms with Gasteiger partial charge in [-0.1, -0.05) is 6.07 Å². The number of fused-ring (bicyclic) bond motifs is 2. The molecule has 4 aliphatic heterocycles. The number of aryl methyl sites for hydroxylation is 3. The first-order valence-corrected chi connectivity index (χ1v) is 38.6. The number of H-pyrrole nitrogens is 3. The standard InChI is InChI=1S/C26H29F3N8O2S.C25H23F4N7OS.C22H20F4N8S.6H2/c1-16-12-21(35-34-16)31-20-13-22(37-14-18(15-37)36-8-10-39-11-9-36)33-24(32-20)40-19-4-2-17(3-5-19)30-23(38)25(6-7-25)26(27,28)29;1-14-8-20(34-33-14)30-19-10-21(36-11-24(26,12-36)16-3-4-16)32-23(31-19)38-17-5-2-15-6-7-35(13-25(27,28)29)22(37)18(15)9-17;1-12-6-17(32-31-12)28-16-7-19(34-10-21(23,11-34)13-2-3-13)30-20(29-16)35-14-4-5-18-27-15(22(24,25)26)9-33(18)8-14;;;;;;/h2-5,12-13,18H,6-11,14-15H2,1H3,(H,30,38)(H2,31,32,33,34,35);2,5-10,16H,3-4,11-13H2,1H3,(H2,30,31,32,33,34);4-9,13H,2-3,10-11H2,1H3,(H2,28,29,30,31,32);6*1H. The molecule has 11 aromatic rings. The number of carbonyl (C=O) groups excluding carboxylic acids is 1. The van der Waals surface area contributed by atoms with E-state index in [1.807, 2.05) is 54.8 Å². The molecule has 0 bridgehead atoms. The number of carbonyl (C=O) groups is 1. The Morgan fingerprint density at radius 1 is 0.566 bits per heavy atom. The predicted octanol–water partition coefficient (Wildman–Crippen LogP) is 15.9. The highest BCUT2D eigenvalue weighted by Crippen LogP contribution is 2.58. The number of hydrogen-bond donors (Lipinski definition) is 7. The Balaban J connectivity index is 0.000000183. The Morgan fingerprint density at radius 2 is 1.04 bits per heavy atom. The quantitative estimate of drug-likeness (QED) is 0.0260. The SMILES string of the molecule is Cc1cc(Nc2cc(N3CC(F)(C4CC4)C3)nc(Sc3ccc4ccn(CC(F)(F)F)c(=O)c4c3)n2)n[nH]1.Cc1cc(Nc2cc(N3CC(F)(C4CC4)C3)nc(Sc3ccc4nc(C(F)(F)F)cn4c3)n2)n[nH]1.Cc1cc(Nc2cc(N3CC(N4CCOCC4)C3)nc(Sc3ccc(NC(=O)C4(C(F)(F)F)CC4)cc3)n2)n[nH]1.[HH].[HH].[HH].[HH].[HH].[HH]. The topological polar surface area (TPSA) is 290 Å². The van der Waals surface area contributed by atoms with Crippen molar-refractivity contribution in [2.75, 3.05) is 102 Å². The summed E-state index contributed by atoms with van der Waals surface area (Å²) < 4.78 is 155. The number of ether oxygens (including phenoxy) is 1. The third-order valence-corrected chi connectivity index (χ3v) is 22.8. The van der Waals surface area contributed by atoms with Crippen LogP contribution in [0.2, 0.25) is 0 Å². The van der Waals surface area contributed by atoms with E-state index in [1.165, 1.54) is 40.1 Å². The first kappa shape index (κ1) is 76.7. The molecule has 0 unspecified atom stereocenters. The van der Waals surface area contributed by atoms with Crippen LogP contribution in [-0.2, 0) is 22.3 Å². The number of imidazole rings is 1. The average molecular weight is 1640 g/mol. The van der Waals surface area contributed by atoms with E-state index in [2.05, 4.69) is 91.6 Å². The second-order valence-electron chi connectivity index (χ2n) is 29.1. The molecule has 7 N–H and O–H groups in total. The Morgan fingerprint density at radius 3 is 1.50 bits per heavy atom. The smallest absolute Gasteiger partial charge is 0.379 e. The van der Waals surface area contributed by atoms with Gasteiger partial charge in [-0.2, -0.15) is 54.8 Å². The van der Waals surface area contributed by atoms with Crippen molar-refractivity contribution in [2.45, 2.75) is 132 Å². The molecule has 9 aromatic heterocycles. The van der Waals surface area contributed by atoms with Crippen molar-refractivity contribution in [3.05, 3.63) is 149 Å². The van der Waals surface area contributed by atoms with Crippen LogP contribution in [0.1, 0.15) is 69.9 Å². The summed E-state index contributed by atoms with van der Waals surface area (Å²) in [6, 6.07) is 27.6. The molecular weight excluding hydrogens is 1550 g/mol. The van der Waals surface area contributed by atoms with Gasteiger partial charge in [0, 0.05) is 139 Å². The number of nitrogens with zero attached hydrogens (tertiary/aromatic N) is 16. The van der Waals surface area contributed by atoms with Crippen LogP contribution in [0.3, 0.4) is 0 Å². The minimum absolute atomic E-state index is 0. The summed E-state index contributed by atoms with van der Waals surface area (Å²) in [7, 11) is 0. The van der Waals surface area contributed by atoms with Crippen molar-refractivity contribution < 1.29 is 66.4 Å². The molecule has 0 spiro atoms. The van der Waals surface area contributed by atoms with Crippen molar-refractivity contribution in [2.24, 2.45) is 17.3 Å². The maximum Gasteiger partial charge on any atom is 0.434 e. The minimum Gasteiger partial charge on any atom is -0.379 e.